The molecule has 0 bridgehead atoms. The zero-order chi connectivity index (χ0) is 16.0. The molecule has 0 saturated heterocycles. The summed E-state index contributed by atoms with van der Waals surface area (Å²) in [7, 11) is -1.39. The summed E-state index contributed by atoms with van der Waals surface area (Å²) in [5, 5.41) is 23.2. The molecule has 0 aliphatic carbocycles. The zero-order valence-corrected chi connectivity index (χ0v) is 13.4. The van der Waals surface area contributed by atoms with E-state index in [0.717, 1.165) is 0 Å². The summed E-state index contributed by atoms with van der Waals surface area (Å²) in [5.74, 6) is -0.459. The van der Waals surface area contributed by atoms with Gasteiger partial charge >= 0.3 is 5.95 Å². The Morgan fingerprint density at radius 2 is 2.14 bits per heavy atom. The highest BCUT2D eigenvalue weighted by atomic mass is 31.2. The lowest BCUT2D eigenvalue weighted by Gasteiger charge is -2.34. The van der Waals surface area contributed by atoms with Crippen LogP contribution >= 0.6 is 8.45 Å². The highest BCUT2D eigenvalue weighted by Crippen LogP contribution is 2.45. The molecular formula is C11H19N6O3P. The monoisotopic (exact) mass is 314 g/mol. The molecule has 1 heterocycles. The predicted octanol–water partition coefficient (Wildman–Crippen LogP) is 2.31. The molecule has 116 valence electrons. The van der Waals surface area contributed by atoms with Gasteiger partial charge in [-0.05, 0) is 32.6 Å². The Labute approximate surface area is 124 Å². The van der Waals surface area contributed by atoms with Crippen molar-refractivity contribution < 1.29 is 9.45 Å². The molecule has 9 nitrogen and oxygen atoms in total. The van der Waals surface area contributed by atoms with Gasteiger partial charge in [0.05, 0.1) is 19.1 Å². The van der Waals surface area contributed by atoms with Crippen LogP contribution in [0.1, 0.15) is 34.1 Å². The van der Waals surface area contributed by atoms with Gasteiger partial charge in [0.25, 0.3) is 8.45 Å². The number of hydrogen-bond acceptors (Lipinski definition) is 7. The molecule has 1 atom stereocenters. The van der Waals surface area contributed by atoms with Crippen LogP contribution in [0.4, 0.5) is 5.95 Å². The second-order valence-electron chi connectivity index (χ2n) is 4.78. The fraction of sp³-hybridized carbons (Fsp3) is 0.727. The third-order valence-electron chi connectivity index (χ3n) is 2.48. The molecule has 1 rings (SSSR count). The first-order valence-corrected chi connectivity index (χ1v) is 7.69. The van der Waals surface area contributed by atoms with Crippen LogP contribution in [-0.2, 0) is 4.52 Å². The van der Waals surface area contributed by atoms with E-state index in [1.165, 1.54) is 10.8 Å². The molecule has 0 aromatic carbocycles. The van der Waals surface area contributed by atoms with Crippen LogP contribution in [0.3, 0.4) is 0 Å². The molecule has 0 saturated carbocycles. The normalized spacial score (nSPS) is 12.9. The van der Waals surface area contributed by atoms with Gasteiger partial charge in [0.15, 0.2) is 0 Å². The number of nitriles is 1. The summed E-state index contributed by atoms with van der Waals surface area (Å²) < 4.78 is 9.19. The third kappa shape index (κ3) is 4.70. The highest BCUT2D eigenvalue weighted by Gasteiger charge is 2.31. The Kier molecular flexibility index (Phi) is 6.62. The first-order valence-electron chi connectivity index (χ1n) is 6.53. The van der Waals surface area contributed by atoms with Crippen molar-refractivity contribution in [2.75, 3.05) is 6.61 Å². The fourth-order valence-corrected chi connectivity index (χ4v) is 3.61. The van der Waals surface area contributed by atoms with Crippen LogP contribution in [0.5, 0.6) is 0 Å². The molecule has 0 aliphatic heterocycles. The second kappa shape index (κ2) is 7.98. The Morgan fingerprint density at radius 3 is 2.57 bits per heavy atom. The lowest BCUT2D eigenvalue weighted by atomic mass is 10.3. The predicted molar refractivity (Wildman–Crippen MR) is 77.3 cm³/mol. The molecule has 1 aromatic rings. The minimum Gasteiger partial charge on any atom is -0.390 e. The van der Waals surface area contributed by atoms with Gasteiger partial charge in [0.1, 0.15) is 0 Å². The maximum atomic E-state index is 10.7. The highest BCUT2D eigenvalue weighted by molar-refractivity contribution is 7.48. The van der Waals surface area contributed by atoms with Gasteiger partial charge < -0.3 is 14.6 Å². The smallest absolute Gasteiger partial charge is 0.390 e. The van der Waals surface area contributed by atoms with Gasteiger partial charge in [-0.15, -0.1) is 4.45 Å². The maximum absolute atomic E-state index is 10.7. The molecule has 1 aromatic heterocycles. The van der Waals surface area contributed by atoms with Crippen molar-refractivity contribution in [1.29, 1.82) is 5.26 Å². The summed E-state index contributed by atoms with van der Waals surface area (Å²) in [6.45, 7) is 8.27. The molecule has 0 spiro atoms. The molecule has 21 heavy (non-hydrogen) atoms. The number of nitro groups is 1. The number of hydrogen-bond donors (Lipinski definition) is 0. The van der Waals surface area contributed by atoms with Gasteiger partial charge in [-0.3, -0.25) is 0 Å². The van der Waals surface area contributed by atoms with Crippen LogP contribution in [0.2, 0.25) is 0 Å². The van der Waals surface area contributed by atoms with Crippen molar-refractivity contribution in [3.05, 3.63) is 16.4 Å². The van der Waals surface area contributed by atoms with Crippen molar-refractivity contribution in [1.82, 2.24) is 19.2 Å². The number of rotatable bonds is 8. The lowest BCUT2D eigenvalue weighted by Crippen LogP contribution is -2.35. The summed E-state index contributed by atoms with van der Waals surface area (Å²) in [4.78, 5) is 13.7. The van der Waals surface area contributed by atoms with Gasteiger partial charge in [-0.2, -0.15) is 5.26 Å². The van der Waals surface area contributed by atoms with E-state index in [-0.39, 0.29) is 25.1 Å². The minimum absolute atomic E-state index is 0.154. The summed E-state index contributed by atoms with van der Waals surface area (Å²) in [6, 6.07) is 2.32. The molecule has 1 unspecified atom stereocenters. The molecule has 10 heteroatoms. The SMILES string of the molecule is CC(C)N(C(C)C)P(OCCC#N)n1cnc([N+](=O)[O-])n1. The molecule has 0 radical (unpaired) electrons. The fourth-order valence-electron chi connectivity index (χ4n) is 1.81. The van der Waals surface area contributed by atoms with E-state index < -0.39 is 19.3 Å². The van der Waals surface area contributed by atoms with E-state index in [1.807, 2.05) is 33.8 Å². The van der Waals surface area contributed by atoms with Crippen LogP contribution in [0.25, 0.3) is 0 Å². The second-order valence-corrected chi connectivity index (χ2v) is 6.42. The van der Waals surface area contributed by atoms with Crippen molar-refractivity contribution in [2.24, 2.45) is 0 Å². The Morgan fingerprint density at radius 1 is 1.52 bits per heavy atom. The van der Waals surface area contributed by atoms with Crippen molar-refractivity contribution >= 4 is 14.4 Å². The van der Waals surface area contributed by atoms with E-state index in [4.69, 9.17) is 9.79 Å². The standard InChI is InChI=1S/C11H19N6O3P/c1-9(2)16(10(3)4)21(20-7-5-6-12)15-8-13-11(14-15)17(18)19/h8-10H,5,7H2,1-4H3. The lowest BCUT2D eigenvalue weighted by molar-refractivity contribution is -0.394. The van der Waals surface area contributed by atoms with E-state index in [9.17, 15) is 10.1 Å². The topological polar surface area (TPSA) is 110 Å². The summed E-state index contributed by atoms with van der Waals surface area (Å²) in [5.41, 5.74) is 0. The average molecular weight is 314 g/mol. The number of aromatic nitrogens is 3. The Hall–Kier alpha value is -1.62. The van der Waals surface area contributed by atoms with E-state index in [0.29, 0.717) is 0 Å². The van der Waals surface area contributed by atoms with E-state index >= 15 is 0 Å². The maximum Gasteiger partial charge on any atom is 0.491 e. The van der Waals surface area contributed by atoms with E-state index in [1.54, 1.807) is 0 Å². The van der Waals surface area contributed by atoms with Crippen molar-refractivity contribution in [3.8, 4) is 6.07 Å². The zero-order valence-electron chi connectivity index (χ0n) is 12.5. The first-order chi connectivity index (χ1) is 9.88. The molecule has 0 fully saturated rings. The summed E-state index contributed by atoms with van der Waals surface area (Å²) in [6.07, 6.45) is 1.55. The van der Waals surface area contributed by atoms with Crippen molar-refractivity contribution in [3.63, 3.8) is 0 Å². The molecule has 0 N–H and O–H groups in total. The molecule has 0 amide bonds. The number of nitrogens with zero attached hydrogens (tertiary/aromatic N) is 6. The van der Waals surface area contributed by atoms with Crippen molar-refractivity contribution in [2.45, 2.75) is 46.2 Å². The Bertz CT molecular complexity index is 504. The molecular weight excluding hydrogens is 295 g/mol. The minimum atomic E-state index is -1.39. The Balaban J connectivity index is 3.04. The van der Waals surface area contributed by atoms with Crippen LogP contribution in [0, 0.1) is 21.4 Å². The first kappa shape index (κ1) is 17.4. The molecule has 0 aliphatic rings. The largest absolute Gasteiger partial charge is 0.491 e. The van der Waals surface area contributed by atoms with E-state index in [2.05, 4.69) is 14.8 Å². The van der Waals surface area contributed by atoms with Crippen LogP contribution in [0.15, 0.2) is 6.33 Å². The van der Waals surface area contributed by atoms with Crippen LogP contribution in [-0.4, -0.2) is 42.8 Å². The third-order valence-corrected chi connectivity index (χ3v) is 4.76. The van der Waals surface area contributed by atoms with Gasteiger partial charge in [-0.1, -0.05) is 4.98 Å². The summed E-state index contributed by atoms with van der Waals surface area (Å²) >= 11 is 0. The average Bonchev–Trinajstić information content (AvgIpc) is 2.86. The van der Waals surface area contributed by atoms with Crippen LogP contribution < -0.4 is 0 Å². The van der Waals surface area contributed by atoms with Gasteiger partial charge in [0.2, 0.25) is 6.33 Å². The quantitative estimate of drug-likeness (QED) is 0.313. The van der Waals surface area contributed by atoms with Gasteiger partial charge in [-0.25, -0.2) is 4.67 Å². The van der Waals surface area contributed by atoms with Gasteiger partial charge in [0, 0.05) is 17.2 Å².